The van der Waals surface area contributed by atoms with Gasteiger partial charge in [0.1, 0.15) is 0 Å². The van der Waals surface area contributed by atoms with Gasteiger partial charge in [0.05, 0.1) is 12.0 Å². The number of nitriles is 1. The Labute approximate surface area is 95.9 Å². The van der Waals surface area contributed by atoms with E-state index in [1.54, 1.807) is 0 Å². The summed E-state index contributed by atoms with van der Waals surface area (Å²) in [5.74, 6) is 0.866. The molecule has 1 unspecified atom stereocenters. The molecule has 0 aromatic heterocycles. The van der Waals surface area contributed by atoms with Gasteiger partial charge in [0.2, 0.25) is 0 Å². The number of nitrogens with zero attached hydrogens (tertiary/aromatic N) is 1. The molecule has 0 spiro atoms. The maximum atomic E-state index is 9.21. The van der Waals surface area contributed by atoms with E-state index in [1.165, 1.54) is 6.42 Å². The largest absolute Gasteiger partial charge is 0.198 e. The van der Waals surface area contributed by atoms with Crippen LogP contribution in [0.5, 0.6) is 0 Å². The number of hydrogen-bond acceptors (Lipinski definition) is 1. The van der Waals surface area contributed by atoms with Gasteiger partial charge < -0.3 is 0 Å². The van der Waals surface area contributed by atoms with Crippen LogP contribution in [-0.2, 0) is 0 Å². The third-order valence-corrected chi connectivity index (χ3v) is 2.92. The predicted octanol–water partition coefficient (Wildman–Crippen LogP) is 4.63. The van der Waals surface area contributed by atoms with Crippen molar-refractivity contribution in [2.24, 2.45) is 22.7 Å². The highest BCUT2D eigenvalue weighted by Crippen LogP contribution is 2.39. The van der Waals surface area contributed by atoms with Crippen LogP contribution < -0.4 is 0 Å². The highest BCUT2D eigenvalue weighted by Gasteiger charge is 2.31. The third kappa shape index (κ3) is 5.82. The lowest BCUT2D eigenvalue weighted by Crippen LogP contribution is -2.26. The molecule has 0 saturated heterocycles. The van der Waals surface area contributed by atoms with Gasteiger partial charge in [-0.2, -0.15) is 5.26 Å². The minimum atomic E-state index is 0.100. The number of rotatable bonds is 4. The van der Waals surface area contributed by atoms with Gasteiger partial charge in [-0.25, -0.2) is 0 Å². The maximum Gasteiger partial charge on any atom is 0.0661 e. The molecule has 0 fully saturated rings. The van der Waals surface area contributed by atoms with Gasteiger partial charge in [-0.05, 0) is 29.6 Å². The molecule has 15 heavy (non-hydrogen) atoms. The van der Waals surface area contributed by atoms with E-state index in [1.807, 2.05) is 0 Å². The SMILES string of the molecule is CC(C)CC(C)(C)CC(C#N)C(C)(C)C. The maximum absolute atomic E-state index is 9.21. The molecule has 0 aliphatic rings. The second-order valence-corrected chi connectivity index (χ2v) is 7.01. The first-order valence-electron chi connectivity index (χ1n) is 5.98. The molecule has 0 rings (SSSR count). The van der Waals surface area contributed by atoms with Crippen LogP contribution in [0.15, 0.2) is 0 Å². The van der Waals surface area contributed by atoms with Crippen molar-refractivity contribution in [3.05, 3.63) is 0 Å². The Morgan fingerprint density at radius 1 is 1.00 bits per heavy atom. The topological polar surface area (TPSA) is 23.8 Å². The lowest BCUT2D eigenvalue weighted by Gasteiger charge is -2.34. The van der Waals surface area contributed by atoms with Crippen LogP contribution in [0.4, 0.5) is 0 Å². The zero-order valence-electron chi connectivity index (χ0n) is 11.5. The van der Waals surface area contributed by atoms with Crippen LogP contribution in [0.25, 0.3) is 0 Å². The molecule has 0 aromatic rings. The van der Waals surface area contributed by atoms with E-state index in [4.69, 9.17) is 0 Å². The second-order valence-electron chi connectivity index (χ2n) is 7.01. The predicted molar refractivity (Wildman–Crippen MR) is 66.4 cm³/mol. The lowest BCUT2D eigenvalue weighted by atomic mass is 9.70. The highest BCUT2D eigenvalue weighted by atomic mass is 14.4. The lowest BCUT2D eigenvalue weighted by molar-refractivity contribution is 0.174. The standard InChI is InChI=1S/C14H27N/c1-11(2)8-14(6,7)9-12(10-15)13(3,4)5/h11-12H,8-9H2,1-7H3. The first-order valence-corrected chi connectivity index (χ1v) is 5.98. The molecule has 0 N–H and O–H groups in total. The molecule has 0 aliphatic carbocycles. The molecule has 1 heteroatoms. The van der Waals surface area contributed by atoms with Crippen LogP contribution in [-0.4, -0.2) is 0 Å². The molecule has 0 amide bonds. The molecule has 0 saturated carbocycles. The van der Waals surface area contributed by atoms with Crippen molar-refractivity contribution < 1.29 is 0 Å². The summed E-state index contributed by atoms with van der Waals surface area (Å²) in [6.07, 6.45) is 2.20. The van der Waals surface area contributed by atoms with Crippen molar-refractivity contribution in [3.63, 3.8) is 0 Å². The van der Waals surface area contributed by atoms with Gasteiger partial charge in [-0.3, -0.25) is 0 Å². The summed E-state index contributed by atoms with van der Waals surface area (Å²) < 4.78 is 0. The summed E-state index contributed by atoms with van der Waals surface area (Å²) in [6, 6.07) is 2.47. The summed E-state index contributed by atoms with van der Waals surface area (Å²) >= 11 is 0. The molecule has 0 radical (unpaired) electrons. The molecule has 0 aliphatic heterocycles. The molecule has 88 valence electrons. The van der Waals surface area contributed by atoms with E-state index >= 15 is 0 Å². The van der Waals surface area contributed by atoms with Crippen molar-refractivity contribution in [1.82, 2.24) is 0 Å². The van der Waals surface area contributed by atoms with Crippen LogP contribution in [0.1, 0.15) is 61.3 Å². The zero-order chi connectivity index (χ0) is 12.3. The van der Waals surface area contributed by atoms with Gasteiger partial charge in [0.15, 0.2) is 0 Å². The van der Waals surface area contributed by atoms with Crippen molar-refractivity contribution in [2.75, 3.05) is 0 Å². The summed E-state index contributed by atoms with van der Waals surface area (Å²) in [5.41, 5.74) is 0.380. The van der Waals surface area contributed by atoms with E-state index in [2.05, 4.69) is 54.5 Å². The normalized spacial score (nSPS) is 15.1. The van der Waals surface area contributed by atoms with E-state index in [0.29, 0.717) is 5.92 Å². The first kappa shape index (κ1) is 14.5. The average Bonchev–Trinajstić information content (AvgIpc) is 1.95. The van der Waals surface area contributed by atoms with Crippen LogP contribution in [0.2, 0.25) is 0 Å². The van der Waals surface area contributed by atoms with E-state index in [9.17, 15) is 5.26 Å². The van der Waals surface area contributed by atoms with E-state index in [0.717, 1.165) is 6.42 Å². The van der Waals surface area contributed by atoms with E-state index in [-0.39, 0.29) is 16.7 Å². The Hall–Kier alpha value is -0.510. The van der Waals surface area contributed by atoms with Crippen LogP contribution in [0, 0.1) is 34.0 Å². The monoisotopic (exact) mass is 209 g/mol. The Bertz CT molecular complexity index is 225. The summed E-state index contributed by atoms with van der Waals surface area (Å²) in [7, 11) is 0. The summed E-state index contributed by atoms with van der Waals surface area (Å²) in [6.45, 7) is 15.5. The van der Waals surface area contributed by atoms with Gasteiger partial charge >= 0.3 is 0 Å². The Morgan fingerprint density at radius 2 is 1.47 bits per heavy atom. The smallest absolute Gasteiger partial charge is 0.0661 e. The highest BCUT2D eigenvalue weighted by molar-refractivity contribution is 4.94. The molecule has 0 bridgehead atoms. The molecule has 1 nitrogen and oxygen atoms in total. The first-order chi connectivity index (χ1) is 6.58. The molecular weight excluding hydrogens is 182 g/mol. The summed E-state index contributed by atoms with van der Waals surface area (Å²) in [5, 5.41) is 9.21. The Kier molecular flexibility index (Phi) is 4.84. The van der Waals surface area contributed by atoms with Gasteiger partial charge in [-0.15, -0.1) is 0 Å². The molecule has 1 atom stereocenters. The van der Waals surface area contributed by atoms with Crippen LogP contribution >= 0.6 is 0 Å². The minimum Gasteiger partial charge on any atom is -0.198 e. The average molecular weight is 209 g/mol. The van der Waals surface area contributed by atoms with Crippen molar-refractivity contribution >= 4 is 0 Å². The summed E-state index contributed by atoms with van der Waals surface area (Å²) in [4.78, 5) is 0. The fourth-order valence-corrected chi connectivity index (χ4v) is 2.29. The van der Waals surface area contributed by atoms with Crippen molar-refractivity contribution in [1.29, 1.82) is 5.26 Å². The van der Waals surface area contributed by atoms with Gasteiger partial charge in [0, 0.05) is 0 Å². The molecular formula is C14H27N. The van der Waals surface area contributed by atoms with Crippen molar-refractivity contribution in [3.8, 4) is 6.07 Å². The van der Waals surface area contributed by atoms with Gasteiger partial charge in [-0.1, -0.05) is 48.5 Å². The molecule has 0 heterocycles. The fourth-order valence-electron chi connectivity index (χ4n) is 2.29. The number of hydrogen-bond donors (Lipinski definition) is 0. The zero-order valence-corrected chi connectivity index (χ0v) is 11.5. The van der Waals surface area contributed by atoms with E-state index < -0.39 is 0 Å². The Morgan fingerprint density at radius 3 is 1.73 bits per heavy atom. The Balaban J connectivity index is 4.50. The van der Waals surface area contributed by atoms with Crippen LogP contribution in [0.3, 0.4) is 0 Å². The third-order valence-electron chi connectivity index (χ3n) is 2.92. The molecule has 0 aromatic carbocycles. The quantitative estimate of drug-likeness (QED) is 0.662. The van der Waals surface area contributed by atoms with Gasteiger partial charge in [0.25, 0.3) is 0 Å². The fraction of sp³-hybridized carbons (Fsp3) is 0.929. The second kappa shape index (κ2) is 5.01. The minimum absolute atomic E-state index is 0.100. The van der Waals surface area contributed by atoms with Crippen molar-refractivity contribution in [2.45, 2.75) is 61.3 Å².